The van der Waals surface area contributed by atoms with Crippen LogP contribution in [0.15, 0.2) is 72.8 Å². The minimum absolute atomic E-state index is 0.0217. The standard InChI is InChI=1S/C28H20ClNO5/c1-15-6-10-17(11-7-15)23-21-22(27(34)30(26(21)33)14-16-8-12-18(29)13-9-16)28(35-23)24(31)19-4-2-3-5-20(19)25(28)32/h2-13,21-23H,14H2,1H3/t21-,22+,23-/m1/s1. The van der Waals surface area contributed by atoms with Crippen molar-refractivity contribution in [3.63, 3.8) is 0 Å². The minimum atomic E-state index is -2.05. The second kappa shape index (κ2) is 7.70. The summed E-state index contributed by atoms with van der Waals surface area (Å²) in [4.78, 5) is 56.1. The average Bonchev–Trinajstić information content (AvgIpc) is 3.42. The number of halogens is 1. The fourth-order valence-electron chi connectivity index (χ4n) is 5.56. The maximum absolute atomic E-state index is 13.8. The van der Waals surface area contributed by atoms with E-state index in [1.165, 1.54) is 0 Å². The summed E-state index contributed by atoms with van der Waals surface area (Å²) in [5.41, 5.74) is 0.760. The van der Waals surface area contributed by atoms with E-state index >= 15 is 0 Å². The number of benzene rings is 3. The van der Waals surface area contributed by atoms with E-state index in [0.717, 1.165) is 10.5 Å². The van der Waals surface area contributed by atoms with Crippen molar-refractivity contribution >= 4 is 35.0 Å². The van der Waals surface area contributed by atoms with Gasteiger partial charge in [-0.25, -0.2) is 0 Å². The molecule has 0 aromatic heterocycles. The van der Waals surface area contributed by atoms with E-state index in [1.807, 2.05) is 31.2 Å². The zero-order valence-electron chi connectivity index (χ0n) is 18.7. The van der Waals surface area contributed by atoms with Crippen molar-refractivity contribution in [3.8, 4) is 0 Å². The molecule has 2 saturated heterocycles. The first-order chi connectivity index (χ1) is 16.8. The van der Waals surface area contributed by atoms with Crippen LogP contribution in [-0.4, -0.2) is 33.9 Å². The number of ketones is 2. The number of Topliss-reactive ketones (excluding diaryl/α,β-unsaturated/α-hetero) is 2. The SMILES string of the molecule is Cc1ccc([C@H]2OC3(C(=O)c4ccccc4C3=O)[C@@H]3C(=O)N(Cc4ccc(Cl)cc4)C(=O)[C@@H]23)cc1. The molecule has 0 saturated carbocycles. The molecule has 7 heteroatoms. The van der Waals surface area contributed by atoms with Gasteiger partial charge in [-0.3, -0.25) is 24.1 Å². The lowest BCUT2D eigenvalue weighted by Crippen LogP contribution is -2.50. The molecule has 174 valence electrons. The largest absolute Gasteiger partial charge is 0.349 e. The second-order valence-electron chi connectivity index (χ2n) is 9.28. The zero-order chi connectivity index (χ0) is 24.5. The molecular formula is C28H20ClNO5. The Kier molecular flexibility index (Phi) is 4.82. The van der Waals surface area contributed by atoms with Crippen molar-refractivity contribution in [1.82, 2.24) is 4.90 Å². The summed E-state index contributed by atoms with van der Waals surface area (Å²) in [6.07, 6.45) is -0.908. The summed E-state index contributed by atoms with van der Waals surface area (Å²) in [6.45, 7) is 1.95. The van der Waals surface area contributed by atoms with Crippen molar-refractivity contribution in [3.05, 3.63) is 106 Å². The lowest BCUT2D eigenvalue weighted by Gasteiger charge is -2.27. The van der Waals surface area contributed by atoms with Crippen LogP contribution in [0.1, 0.15) is 43.5 Å². The molecule has 1 aliphatic carbocycles. The van der Waals surface area contributed by atoms with Gasteiger partial charge in [0.05, 0.1) is 24.5 Å². The maximum Gasteiger partial charge on any atom is 0.237 e. The van der Waals surface area contributed by atoms with Crippen molar-refractivity contribution in [2.24, 2.45) is 11.8 Å². The molecule has 2 heterocycles. The first kappa shape index (κ1) is 21.9. The van der Waals surface area contributed by atoms with Crippen LogP contribution in [0.5, 0.6) is 0 Å². The van der Waals surface area contributed by atoms with Gasteiger partial charge in [-0.15, -0.1) is 0 Å². The van der Waals surface area contributed by atoms with Crippen LogP contribution < -0.4 is 0 Å². The molecule has 0 bridgehead atoms. The Morgan fingerprint density at radius 2 is 1.43 bits per heavy atom. The Balaban J connectivity index is 1.48. The molecule has 0 unspecified atom stereocenters. The van der Waals surface area contributed by atoms with Gasteiger partial charge in [0.2, 0.25) is 29.0 Å². The monoisotopic (exact) mass is 485 g/mol. The highest BCUT2D eigenvalue weighted by atomic mass is 35.5. The number of fused-ring (bicyclic) bond motifs is 3. The predicted molar refractivity (Wildman–Crippen MR) is 127 cm³/mol. The molecule has 0 N–H and O–H groups in total. The zero-order valence-corrected chi connectivity index (χ0v) is 19.5. The van der Waals surface area contributed by atoms with Crippen molar-refractivity contribution < 1.29 is 23.9 Å². The molecule has 6 nitrogen and oxygen atoms in total. The number of rotatable bonds is 3. The third kappa shape index (κ3) is 3.00. The van der Waals surface area contributed by atoms with Gasteiger partial charge in [0, 0.05) is 16.1 Å². The Labute approximate surface area is 206 Å². The fourth-order valence-corrected chi connectivity index (χ4v) is 5.69. The summed E-state index contributed by atoms with van der Waals surface area (Å²) in [6, 6.07) is 20.7. The molecule has 3 aromatic carbocycles. The van der Waals surface area contributed by atoms with E-state index in [-0.39, 0.29) is 17.7 Å². The van der Waals surface area contributed by atoms with Gasteiger partial charge in [0.15, 0.2) is 0 Å². The normalized spacial score (nSPS) is 24.4. The van der Waals surface area contributed by atoms with E-state index in [0.29, 0.717) is 16.1 Å². The molecular weight excluding hydrogens is 466 g/mol. The van der Waals surface area contributed by atoms with Crippen LogP contribution in [-0.2, 0) is 20.9 Å². The average molecular weight is 486 g/mol. The fraction of sp³-hybridized carbons (Fsp3) is 0.214. The van der Waals surface area contributed by atoms with E-state index in [4.69, 9.17) is 16.3 Å². The van der Waals surface area contributed by atoms with Crippen LogP contribution in [0, 0.1) is 18.8 Å². The molecule has 1 spiro atoms. The molecule has 2 amide bonds. The maximum atomic E-state index is 13.8. The summed E-state index contributed by atoms with van der Waals surface area (Å²) in [5, 5.41) is 0.538. The van der Waals surface area contributed by atoms with Gasteiger partial charge in [-0.2, -0.15) is 0 Å². The summed E-state index contributed by atoms with van der Waals surface area (Å²) >= 11 is 5.98. The number of aryl methyl sites for hydroxylation is 1. The molecule has 35 heavy (non-hydrogen) atoms. The van der Waals surface area contributed by atoms with Gasteiger partial charge >= 0.3 is 0 Å². The summed E-state index contributed by atoms with van der Waals surface area (Å²) in [7, 11) is 0. The number of ether oxygens (including phenoxy) is 1. The third-order valence-corrected chi connectivity index (χ3v) is 7.52. The molecule has 2 fully saturated rings. The third-order valence-electron chi connectivity index (χ3n) is 7.27. The first-order valence-corrected chi connectivity index (χ1v) is 11.7. The molecule has 2 aliphatic heterocycles. The first-order valence-electron chi connectivity index (χ1n) is 11.4. The van der Waals surface area contributed by atoms with Gasteiger partial charge in [0.1, 0.15) is 0 Å². The van der Waals surface area contributed by atoms with Crippen LogP contribution in [0.4, 0.5) is 0 Å². The topological polar surface area (TPSA) is 80.8 Å². The van der Waals surface area contributed by atoms with Crippen molar-refractivity contribution in [1.29, 1.82) is 0 Å². The number of nitrogens with zero attached hydrogens (tertiary/aromatic N) is 1. The number of likely N-dealkylation sites (tertiary alicyclic amines) is 1. The number of hydrogen-bond acceptors (Lipinski definition) is 5. The molecule has 3 atom stereocenters. The Morgan fingerprint density at radius 1 is 0.829 bits per heavy atom. The van der Waals surface area contributed by atoms with Gasteiger partial charge < -0.3 is 4.74 Å². The Bertz CT molecular complexity index is 1380. The highest BCUT2D eigenvalue weighted by Gasteiger charge is 2.74. The predicted octanol–water partition coefficient (Wildman–Crippen LogP) is 4.34. The van der Waals surface area contributed by atoms with Gasteiger partial charge in [0.25, 0.3) is 0 Å². The Hall–Kier alpha value is -3.61. The summed E-state index contributed by atoms with van der Waals surface area (Å²) < 4.78 is 6.28. The van der Waals surface area contributed by atoms with Crippen molar-refractivity contribution in [2.45, 2.75) is 25.2 Å². The number of carbonyl (C=O) groups is 4. The molecule has 3 aromatic rings. The summed E-state index contributed by atoms with van der Waals surface area (Å²) in [5.74, 6) is -4.36. The number of amides is 2. The van der Waals surface area contributed by atoms with Crippen LogP contribution in [0.2, 0.25) is 5.02 Å². The minimum Gasteiger partial charge on any atom is -0.349 e. The number of hydrogen-bond donors (Lipinski definition) is 0. The highest BCUT2D eigenvalue weighted by Crippen LogP contribution is 2.57. The lowest BCUT2D eigenvalue weighted by molar-refractivity contribution is -0.145. The van der Waals surface area contributed by atoms with Crippen LogP contribution >= 0.6 is 11.6 Å². The van der Waals surface area contributed by atoms with Crippen LogP contribution in [0.3, 0.4) is 0 Å². The Morgan fingerprint density at radius 3 is 2.03 bits per heavy atom. The van der Waals surface area contributed by atoms with Gasteiger partial charge in [-0.1, -0.05) is 77.8 Å². The van der Waals surface area contributed by atoms with Crippen molar-refractivity contribution in [2.75, 3.05) is 0 Å². The molecule has 3 aliphatic rings. The number of imide groups is 1. The smallest absolute Gasteiger partial charge is 0.237 e. The van der Waals surface area contributed by atoms with E-state index in [9.17, 15) is 19.2 Å². The van der Waals surface area contributed by atoms with Crippen LogP contribution in [0.25, 0.3) is 0 Å². The quantitative estimate of drug-likeness (QED) is 0.407. The van der Waals surface area contributed by atoms with E-state index in [2.05, 4.69) is 0 Å². The molecule has 0 radical (unpaired) electrons. The number of carbonyl (C=O) groups excluding carboxylic acids is 4. The second-order valence-corrected chi connectivity index (χ2v) is 9.72. The highest BCUT2D eigenvalue weighted by molar-refractivity contribution is 6.35. The van der Waals surface area contributed by atoms with E-state index < -0.39 is 46.9 Å². The van der Waals surface area contributed by atoms with Gasteiger partial charge in [-0.05, 0) is 30.2 Å². The molecule has 6 rings (SSSR count). The van der Waals surface area contributed by atoms with E-state index in [1.54, 1.807) is 48.5 Å². The lowest BCUT2D eigenvalue weighted by atomic mass is 9.77.